The molecule has 6 heteroatoms. The van der Waals surface area contributed by atoms with Gasteiger partial charge in [0.15, 0.2) is 5.82 Å². The molecule has 0 spiro atoms. The van der Waals surface area contributed by atoms with Crippen LogP contribution in [-0.4, -0.2) is 39.8 Å². The first kappa shape index (κ1) is 15.0. The van der Waals surface area contributed by atoms with E-state index in [1.54, 1.807) is 18.2 Å². The van der Waals surface area contributed by atoms with Crippen LogP contribution in [-0.2, 0) is 6.42 Å². The van der Waals surface area contributed by atoms with Crippen molar-refractivity contribution >= 4 is 15.9 Å². The summed E-state index contributed by atoms with van der Waals surface area (Å²) >= 11 is 3.36. The average molecular weight is 340 g/mol. The molecule has 0 unspecified atom stereocenters. The molecule has 1 heterocycles. The van der Waals surface area contributed by atoms with Crippen molar-refractivity contribution in [3.63, 3.8) is 0 Å². The number of rotatable bonds is 6. The summed E-state index contributed by atoms with van der Waals surface area (Å²) in [5.41, 5.74) is 0.543. The molecule has 0 atom stereocenters. The lowest BCUT2D eigenvalue weighted by atomic mass is 10.2. The molecule has 20 heavy (non-hydrogen) atoms. The summed E-state index contributed by atoms with van der Waals surface area (Å²) in [5.74, 6) is 1.14. The van der Waals surface area contributed by atoms with E-state index in [0.717, 1.165) is 30.5 Å². The van der Waals surface area contributed by atoms with Gasteiger partial charge in [0.05, 0.1) is 5.56 Å². The van der Waals surface area contributed by atoms with Gasteiger partial charge in [-0.1, -0.05) is 34.9 Å². The molecule has 2 aromatic rings. The van der Waals surface area contributed by atoms with Gasteiger partial charge >= 0.3 is 0 Å². The fraction of sp³-hybridized carbons (Fsp3) is 0.429. The van der Waals surface area contributed by atoms with Crippen LogP contribution in [0.3, 0.4) is 0 Å². The molecule has 2 rings (SSSR count). The van der Waals surface area contributed by atoms with Crippen molar-refractivity contribution in [2.45, 2.75) is 20.3 Å². The molecule has 1 aromatic heterocycles. The number of aromatic hydroxyl groups is 1. The van der Waals surface area contributed by atoms with E-state index >= 15 is 0 Å². The molecule has 1 N–H and O–H groups in total. The standard InChI is InChI=1S/C14H18BrN3O2/c1-3-18(4-2)8-7-13-16-14(20-17-13)11-9-10(15)5-6-12(11)19/h5-6,9,19H,3-4,7-8H2,1-2H3. The Bertz CT molecular complexity index is 567. The van der Waals surface area contributed by atoms with Crippen molar-refractivity contribution in [1.29, 1.82) is 0 Å². The summed E-state index contributed by atoms with van der Waals surface area (Å²) in [5, 5.41) is 13.8. The van der Waals surface area contributed by atoms with Crippen LogP contribution in [0.4, 0.5) is 0 Å². The van der Waals surface area contributed by atoms with Gasteiger partial charge in [0.1, 0.15) is 5.75 Å². The Morgan fingerprint density at radius 2 is 2.05 bits per heavy atom. The fourth-order valence-electron chi connectivity index (χ4n) is 1.94. The summed E-state index contributed by atoms with van der Waals surface area (Å²) in [6, 6.07) is 5.12. The maximum Gasteiger partial charge on any atom is 0.261 e. The zero-order chi connectivity index (χ0) is 14.5. The molecule has 0 saturated heterocycles. The van der Waals surface area contributed by atoms with Gasteiger partial charge in [-0.25, -0.2) is 0 Å². The molecule has 0 aliphatic carbocycles. The number of phenols is 1. The number of hydrogen-bond acceptors (Lipinski definition) is 5. The minimum Gasteiger partial charge on any atom is -0.507 e. The molecule has 0 fully saturated rings. The summed E-state index contributed by atoms with van der Waals surface area (Å²) in [4.78, 5) is 6.64. The second-order valence-corrected chi connectivity index (χ2v) is 5.37. The lowest BCUT2D eigenvalue weighted by Gasteiger charge is -2.16. The number of phenolic OH excluding ortho intramolecular Hbond substituents is 1. The number of halogens is 1. The van der Waals surface area contributed by atoms with Crippen LogP contribution in [0.5, 0.6) is 5.75 Å². The number of aromatic nitrogens is 2. The SMILES string of the molecule is CCN(CC)CCc1noc(-c2cc(Br)ccc2O)n1. The quantitative estimate of drug-likeness (QED) is 0.876. The molecule has 108 valence electrons. The molecule has 1 aromatic carbocycles. The first-order valence-corrected chi connectivity index (χ1v) is 7.47. The molecule has 0 radical (unpaired) electrons. The van der Waals surface area contributed by atoms with Gasteiger partial charge in [0.2, 0.25) is 0 Å². The van der Waals surface area contributed by atoms with Crippen molar-refractivity contribution in [3.05, 3.63) is 28.5 Å². The van der Waals surface area contributed by atoms with E-state index < -0.39 is 0 Å². The smallest absolute Gasteiger partial charge is 0.261 e. The highest BCUT2D eigenvalue weighted by atomic mass is 79.9. The van der Waals surface area contributed by atoms with Gasteiger partial charge in [-0.2, -0.15) is 4.98 Å². The Kier molecular flexibility index (Phi) is 5.14. The molecule has 5 nitrogen and oxygen atoms in total. The second kappa shape index (κ2) is 6.85. The number of benzene rings is 1. The second-order valence-electron chi connectivity index (χ2n) is 4.45. The van der Waals surface area contributed by atoms with Crippen molar-refractivity contribution in [2.24, 2.45) is 0 Å². The first-order chi connectivity index (χ1) is 9.63. The predicted molar refractivity (Wildman–Crippen MR) is 80.6 cm³/mol. The maximum absolute atomic E-state index is 9.84. The van der Waals surface area contributed by atoms with E-state index in [1.807, 2.05) is 0 Å². The summed E-state index contributed by atoms with van der Waals surface area (Å²) in [7, 11) is 0. The first-order valence-electron chi connectivity index (χ1n) is 6.67. The highest BCUT2D eigenvalue weighted by Gasteiger charge is 2.13. The van der Waals surface area contributed by atoms with Crippen molar-refractivity contribution in [3.8, 4) is 17.2 Å². The van der Waals surface area contributed by atoms with Crippen LogP contribution in [0, 0.1) is 0 Å². The summed E-state index contributed by atoms with van der Waals surface area (Å²) in [6.45, 7) is 7.17. The summed E-state index contributed by atoms with van der Waals surface area (Å²) in [6.07, 6.45) is 0.736. The van der Waals surface area contributed by atoms with E-state index in [0.29, 0.717) is 17.3 Å². The largest absolute Gasteiger partial charge is 0.507 e. The van der Waals surface area contributed by atoms with E-state index in [9.17, 15) is 5.11 Å². The zero-order valence-corrected chi connectivity index (χ0v) is 13.2. The minimum atomic E-state index is 0.132. The van der Waals surface area contributed by atoms with Crippen molar-refractivity contribution < 1.29 is 9.63 Å². The van der Waals surface area contributed by atoms with Gasteiger partial charge < -0.3 is 14.5 Å². The number of nitrogens with zero attached hydrogens (tertiary/aromatic N) is 3. The Labute approximate surface area is 126 Å². The Balaban J connectivity index is 2.10. The van der Waals surface area contributed by atoms with E-state index in [1.165, 1.54) is 0 Å². The molecule has 0 aliphatic heterocycles. The number of likely N-dealkylation sites (N-methyl/N-ethyl adjacent to an activating group) is 1. The average Bonchev–Trinajstić information content (AvgIpc) is 2.91. The van der Waals surface area contributed by atoms with Gasteiger partial charge in [0, 0.05) is 17.4 Å². The third-order valence-electron chi connectivity index (χ3n) is 3.20. The van der Waals surface area contributed by atoms with Gasteiger partial charge in [-0.3, -0.25) is 0 Å². The predicted octanol–water partition coefficient (Wildman–Crippen LogP) is 3.09. The van der Waals surface area contributed by atoms with E-state index in [-0.39, 0.29) is 5.75 Å². The van der Waals surface area contributed by atoms with Crippen LogP contribution < -0.4 is 0 Å². The van der Waals surface area contributed by atoms with Crippen molar-refractivity contribution in [2.75, 3.05) is 19.6 Å². The lowest BCUT2D eigenvalue weighted by molar-refractivity contribution is 0.303. The third kappa shape index (κ3) is 3.58. The highest BCUT2D eigenvalue weighted by Crippen LogP contribution is 2.30. The topological polar surface area (TPSA) is 62.4 Å². The Hall–Kier alpha value is -1.40. The molecular formula is C14H18BrN3O2. The monoisotopic (exact) mass is 339 g/mol. The van der Waals surface area contributed by atoms with E-state index in [4.69, 9.17) is 4.52 Å². The van der Waals surface area contributed by atoms with Crippen molar-refractivity contribution in [1.82, 2.24) is 15.0 Å². The molecular weight excluding hydrogens is 322 g/mol. The maximum atomic E-state index is 9.84. The van der Waals surface area contributed by atoms with Crippen LogP contribution >= 0.6 is 15.9 Å². The van der Waals surface area contributed by atoms with E-state index in [2.05, 4.69) is 44.8 Å². The van der Waals surface area contributed by atoms with Gasteiger partial charge in [-0.05, 0) is 31.3 Å². The molecule has 0 bridgehead atoms. The van der Waals surface area contributed by atoms with Crippen LogP contribution in [0.25, 0.3) is 11.5 Å². The Morgan fingerprint density at radius 3 is 2.75 bits per heavy atom. The molecule has 0 aliphatic rings. The van der Waals surface area contributed by atoms with Crippen LogP contribution in [0.1, 0.15) is 19.7 Å². The van der Waals surface area contributed by atoms with Crippen LogP contribution in [0.15, 0.2) is 27.2 Å². The summed E-state index contributed by atoms with van der Waals surface area (Å²) < 4.78 is 6.08. The lowest BCUT2D eigenvalue weighted by Crippen LogP contribution is -2.25. The van der Waals surface area contributed by atoms with Crippen LogP contribution in [0.2, 0.25) is 0 Å². The van der Waals surface area contributed by atoms with Gasteiger partial charge in [-0.15, -0.1) is 0 Å². The highest BCUT2D eigenvalue weighted by molar-refractivity contribution is 9.10. The normalized spacial score (nSPS) is 11.2. The molecule has 0 saturated carbocycles. The van der Waals surface area contributed by atoms with Gasteiger partial charge in [0.25, 0.3) is 5.89 Å². The number of hydrogen-bond donors (Lipinski definition) is 1. The fourth-order valence-corrected chi connectivity index (χ4v) is 2.30. The zero-order valence-electron chi connectivity index (χ0n) is 11.6. The Morgan fingerprint density at radius 1 is 1.30 bits per heavy atom. The molecule has 0 amide bonds. The third-order valence-corrected chi connectivity index (χ3v) is 3.70. The minimum absolute atomic E-state index is 0.132.